The van der Waals surface area contributed by atoms with E-state index in [1.54, 1.807) is 0 Å². The second-order valence-electron chi connectivity index (χ2n) is 5.21. The van der Waals surface area contributed by atoms with Crippen molar-refractivity contribution in [1.29, 1.82) is 0 Å². The lowest BCUT2D eigenvalue weighted by molar-refractivity contribution is 0.331. The van der Waals surface area contributed by atoms with Gasteiger partial charge in [-0.15, -0.1) is 0 Å². The van der Waals surface area contributed by atoms with Gasteiger partial charge >= 0.3 is 0 Å². The molecule has 2 rings (SSSR count). The van der Waals surface area contributed by atoms with Crippen LogP contribution in [-0.4, -0.2) is 41.3 Å². The summed E-state index contributed by atoms with van der Waals surface area (Å²) in [6.07, 6.45) is 6.26. The van der Waals surface area contributed by atoms with Gasteiger partial charge in [-0.3, -0.25) is 5.10 Å². The van der Waals surface area contributed by atoms with Gasteiger partial charge < -0.3 is 10.2 Å². The van der Waals surface area contributed by atoms with E-state index in [2.05, 4.69) is 33.4 Å². The average molecular weight is 250 g/mol. The molecule has 1 aromatic rings. The summed E-state index contributed by atoms with van der Waals surface area (Å²) in [4.78, 5) is 2.57. The van der Waals surface area contributed by atoms with E-state index in [1.807, 2.05) is 0 Å². The molecule has 4 heteroatoms. The Morgan fingerprint density at radius 1 is 1.39 bits per heavy atom. The Labute approximate surface area is 110 Å². The number of hydrogen-bond acceptors (Lipinski definition) is 3. The van der Waals surface area contributed by atoms with Gasteiger partial charge in [-0.05, 0) is 57.9 Å². The van der Waals surface area contributed by atoms with Crippen LogP contribution < -0.4 is 5.32 Å². The summed E-state index contributed by atoms with van der Waals surface area (Å²) in [7, 11) is 0. The maximum absolute atomic E-state index is 4.29. The lowest BCUT2D eigenvalue weighted by atomic mass is 10.2. The Morgan fingerprint density at radius 2 is 2.22 bits per heavy atom. The second-order valence-corrected chi connectivity index (χ2v) is 5.21. The van der Waals surface area contributed by atoms with Crippen molar-refractivity contribution in [2.45, 2.75) is 45.6 Å². The summed E-state index contributed by atoms with van der Waals surface area (Å²) in [5.41, 5.74) is 2.39. The third-order valence-corrected chi connectivity index (χ3v) is 3.53. The molecule has 1 saturated heterocycles. The van der Waals surface area contributed by atoms with Crippen molar-refractivity contribution >= 4 is 0 Å². The minimum atomic E-state index is 0.913. The molecular formula is C14H26N4. The lowest BCUT2D eigenvalue weighted by Crippen LogP contribution is -2.24. The van der Waals surface area contributed by atoms with Crippen molar-refractivity contribution in [2.75, 3.05) is 26.2 Å². The molecule has 0 unspecified atom stereocenters. The van der Waals surface area contributed by atoms with Gasteiger partial charge in [-0.1, -0.05) is 13.3 Å². The number of H-pyrrole nitrogens is 1. The van der Waals surface area contributed by atoms with Crippen molar-refractivity contribution in [2.24, 2.45) is 0 Å². The lowest BCUT2D eigenvalue weighted by Gasteiger charge is -2.13. The zero-order chi connectivity index (χ0) is 12.6. The first-order valence-electron chi connectivity index (χ1n) is 7.34. The smallest absolute Gasteiger partial charge is 0.0625 e. The number of rotatable bonds is 8. The molecule has 0 spiro atoms. The summed E-state index contributed by atoms with van der Waals surface area (Å²) in [6.45, 7) is 8.05. The number of nitrogens with zero attached hydrogens (tertiary/aromatic N) is 2. The number of hydrogen-bond donors (Lipinski definition) is 2. The second kappa shape index (κ2) is 7.54. The van der Waals surface area contributed by atoms with E-state index in [4.69, 9.17) is 0 Å². The normalized spacial score (nSPS) is 16.5. The largest absolute Gasteiger partial charge is 0.311 e. The van der Waals surface area contributed by atoms with E-state index in [9.17, 15) is 0 Å². The van der Waals surface area contributed by atoms with Gasteiger partial charge in [0.25, 0.3) is 0 Å². The Kier molecular flexibility index (Phi) is 5.68. The summed E-state index contributed by atoms with van der Waals surface area (Å²) in [5.74, 6) is 0. The van der Waals surface area contributed by atoms with Crippen LogP contribution in [0.1, 0.15) is 44.0 Å². The highest BCUT2D eigenvalue weighted by Gasteiger charge is 2.09. The van der Waals surface area contributed by atoms with Crippen molar-refractivity contribution in [3.63, 3.8) is 0 Å². The minimum Gasteiger partial charge on any atom is -0.311 e. The molecule has 0 radical (unpaired) electrons. The molecule has 0 aromatic carbocycles. The standard InChI is InChI=1S/C14H26N4/c1-2-6-13-11-14(17-16-13)12-15-7-5-10-18-8-3-4-9-18/h11,15H,2-10,12H2,1H3,(H,16,17). The molecule has 0 bridgehead atoms. The molecule has 102 valence electrons. The molecule has 2 N–H and O–H groups in total. The maximum atomic E-state index is 4.29. The van der Waals surface area contributed by atoms with Gasteiger partial charge in [0.05, 0.1) is 5.69 Å². The predicted molar refractivity (Wildman–Crippen MR) is 74.6 cm³/mol. The minimum absolute atomic E-state index is 0.913. The zero-order valence-electron chi connectivity index (χ0n) is 11.5. The van der Waals surface area contributed by atoms with Gasteiger partial charge in [0, 0.05) is 12.2 Å². The van der Waals surface area contributed by atoms with Crippen LogP contribution in [0.2, 0.25) is 0 Å². The first kappa shape index (κ1) is 13.6. The number of aromatic nitrogens is 2. The molecule has 1 aliphatic rings. The Morgan fingerprint density at radius 3 is 3.00 bits per heavy atom. The monoisotopic (exact) mass is 250 g/mol. The number of likely N-dealkylation sites (tertiary alicyclic amines) is 1. The molecular weight excluding hydrogens is 224 g/mol. The topological polar surface area (TPSA) is 44.0 Å². The van der Waals surface area contributed by atoms with Gasteiger partial charge in [0.2, 0.25) is 0 Å². The number of aromatic amines is 1. The van der Waals surface area contributed by atoms with Crippen molar-refractivity contribution in [3.05, 3.63) is 17.5 Å². The van der Waals surface area contributed by atoms with Crippen LogP contribution in [0.5, 0.6) is 0 Å². The molecule has 4 nitrogen and oxygen atoms in total. The Hall–Kier alpha value is -0.870. The fraction of sp³-hybridized carbons (Fsp3) is 0.786. The molecule has 1 aliphatic heterocycles. The van der Waals surface area contributed by atoms with Crippen LogP contribution in [0.25, 0.3) is 0 Å². The van der Waals surface area contributed by atoms with Gasteiger partial charge in [-0.25, -0.2) is 0 Å². The van der Waals surface area contributed by atoms with Gasteiger partial charge in [-0.2, -0.15) is 5.10 Å². The van der Waals surface area contributed by atoms with E-state index >= 15 is 0 Å². The van der Waals surface area contributed by atoms with Crippen molar-refractivity contribution in [1.82, 2.24) is 20.4 Å². The van der Waals surface area contributed by atoms with Crippen LogP contribution in [0.4, 0.5) is 0 Å². The van der Waals surface area contributed by atoms with E-state index < -0.39 is 0 Å². The quantitative estimate of drug-likeness (QED) is 0.693. The van der Waals surface area contributed by atoms with Crippen LogP contribution in [0, 0.1) is 0 Å². The molecule has 1 fully saturated rings. The van der Waals surface area contributed by atoms with Crippen molar-refractivity contribution < 1.29 is 0 Å². The molecule has 0 saturated carbocycles. The third kappa shape index (κ3) is 4.42. The fourth-order valence-corrected chi connectivity index (χ4v) is 2.54. The number of nitrogens with one attached hydrogen (secondary N) is 2. The van der Waals surface area contributed by atoms with E-state index in [0.717, 1.165) is 25.9 Å². The SMILES string of the molecule is CCCc1cc(CNCCCN2CCCC2)[nH]n1. The first-order valence-corrected chi connectivity index (χ1v) is 7.34. The zero-order valence-corrected chi connectivity index (χ0v) is 11.5. The van der Waals surface area contributed by atoms with Crippen molar-refractivity contribution in [3.8, 4) is 0 Å². The Bertz CT molecular complexity index is 328. The first-order chi connectivity index (χ1) is 8.88. The highest BCUT2D eigenvalue weighted by molar-refractivity contribution is 5.08. The van der Waals surface area contributed by atoms with Crippen LogP contribution in [-0.2, 0) is 13.0 Å². The highest BCUT2D eigenvalue weighted by atomic mass is 15.1. The maximum Gasteiger partial charge on any atom is 0.0625 e. The molecule has 0 atom stereocenters. The molecule has 2 heterocycles. The molecule has 0 aliphatic carbocycles. The van der Waals surface area contributed by atoms with E-state index in [-0.39, 0.29) is 0 Å². The molecule has 0 amide bonds. The summed E-state index contributed by atoms with van der Waals surface area (Å²) < 4.78 is 0. The summed E-state index contributed by atoms with van der Waals surface area (Å²) >= 11 is 0. The Balaban J connectivity index is 1.54. The third-order valence-electron chi connectivity index (χ3n) is 3.53. The van der Waals surface area contributed by atoms with Gasteiger partial charge in [0.1, 0.15) is 0 Å². The van der Waals surface area contributed by atoms with Crippen LogP contribution >= 0.6 is 0 Å². The van der Waals surface area contributed by atoms with Crippen LogP contribution in [0.3, 0.4) is 0 Å². The predicted octanol–water partition coefficient (Wildman–Crippen LogP) is 1.94. The highest BCUT2D eigenvalue weighted by Crippen LogP contribution is 2.07. The molecule has 18 heavy (non-hydrogen) atoms. The molecule has 1 aromatic heterocycles. The average Bonchev–Trinajstić information content (AvgIpc) is 3.01. The fourth-order valence-electron chi connectivity index (χ4n) is 2.54. The number of aryl methyl sites for hydroxylation is 1. The van der Waals surface area contributed by atoms with Gasteiger partial charge in [0.15, 0.2) is 0 Å². The van der Waals surface area contributed by atoms with E-state index in [1.165, 1.54) is 50.3 Å². The summed E-state index contributed by atoms with van der Waals surface area (Å²) in [5, 5.41) is 10.9. The van der Waals surface area contributed by atoms with E-state index in [0.29, 0.717) is 0 Å². The summed E-state index contributed by atoms with van der Waals surface area (Å²) in [6, 6.07) is 2.18. The van der Waals surface area contributed by atoms with Crippen LogP contribution in [0.15, 0.2) is 6.07 Å².